The second kappa shape index (κ2) is 5.75. The zero-order valence-electron chi connectivity index (χ0n) is 9.43. The van der Waals surface area contributed by atoms with Crippen molar-refractivity contribution in [3.8, 4) is 0 Å². The Labute approximate surface area is 113 Å². The molecular formula is C14H12BiClO. The summed E-state index contributed by atoms with van der Waals surface area (Å²) in [6, 6.07) is 17.8. The summed E-state index contributed by atoms with van der Waals surface area (Å²) in [6.45, 7) is 1.60. The van der Waals surface area contributed by atoms with Gasteiger partial charge in [0.15, 0.2) is 0 Å². The maximum atomic E-state index is 11.6. The number of hydrogen-bond donors (Lipinski definition) is 0. The van der Waals surface area contributed by atoms with Crippen LogP contribution < -0.4 is 6.54 Å². The molecule has 0 aromatic heterocycles. The topological polar surface area (TPSA) is 17.1 Å². The van der Waals surface area contributed by atoms with E-state index in [0.29, 0.717) is 0 Å². The summed E-state index contributed by atoms with van der Waals surface area (Å²) in [5.74, 6) is 0.0946. The molecule has 2 aromatic carbocycles. The first-order valence-electron chi connectivity index (χ1n) is 5.31. The van der Waals surface area contributed by atoms with Gasteiger partial charge in [-0.15, -0.1) is 0 Å². The Morgan fingerprint density at radius 2 is 1.59 bits per heavy atom. The van der Waals surface area contributed by atoms with Gasteiger partial charge in [0.05, 0.1) is 0 Å². The Morgan fingerprint density at radius 3 is 2.24 bits per heavy atom. The molecule has 0 aliphatic heterocycles. The normalized spacial score (nSPS) is 10.5. The standard InChI is InChI=1S/C8H7O.C6H5.Bi.ClH/c1-7(9)8-5-3-2-4-6-8;1-2-4-6-5-3-1;;/h2-5H,1H3;1-5H;;1H/q;;+1;/p-1. The average Bonchev–Trinajstić information content (AvgIpc) is 2.39. The van der Waals surface area contributed by atoms with Gasteiger partial charge in [0.25, 0.3) is 0 Å². The molecule has 0 saturated carbocycles. The van der Waals surface area contributed by atoms with Crippen molar-refractivity contribution in [3.63, 3.8) is 0 Å². The van der Waals surface area contributed by atoms with E-state index in [0.717, 1.165) is 8.83 Å². The number of hydrogen-bond acceptors (Lipinski definition) is 1. The van der Waals surface area contributed by atoms with Crippen molar-refractivity contribution >= 4 is 41.4 Å². The monoisotopic (exact) mass is 440 g/mol. The minimum absolute atomic E-state index is 0.0946. The van der Waals surface area contributed by atoms with Crippen LogP contribution in [-0.4, -0.2) is 26.3 Å². The third-order valence-electron chi connectivity index (χ3n) is 2.48. The fraction of sp³-hybridized carbons (Fsp3) is 0.0714. The van der Waals surface area contributed by atoms with Crippen molar-refractivity contribution in [1.82, 2.24) is 0 Å². The van der Waals surface area contributed by atoms with Gasteiger partial charge >= 0.3 is 113 Å². The van der Waals surface area contributed by atoms with Crippen LogP contribution in [0.1, 0.15) is 17.3 Å². The molecule has 0 atom stereocenters. The first kappa shape index (κ1) is 12.7. The molecule has 86 valence electrons. The quantitative estimate of drug-likeness (QED) is 0.528. The van der Waals surface area contributed by atoms with Crippen molar-refractivity contribution in [2.45, 2.75) is 6.92 Å². The van der Waals surface area contributed by atoms with Crippen LogP contribution in [-0.2, 0) is 0 Å². The zero-order valence-corrected chi connectivity index (χ0v) is 13.7. The molecular weight excluding hydrogens is 429 g/mol. The molecule has 0 radical (unpaired) electrons. The number of carbonyl (C=O) groups excluding carboxylic acids is 1. The molecule has 0 N–H and O–H groups in total. The van der Waals surface area contributed by atoms with Crippen LogP contribution in [0, 0.1) is 0 Å². The molecule has 0 aliphatic carbocycles. The Balaban J connectivity index is 2.44. The van der Waals surface area contributed by atoms with Gasteiger partial charge in [0.1, 0.15) is 0 Å². The Bertz CT molecular complexity index is 525. The first-order chi connectivity index (χ1) is 8.20. The predicted molar refractivity (Wildman–Crippen MR) is 73.8 cm³/mol. The molecule has 0 fully saturated rings. The molecule has 2 rings (SSSR count). The van der Waals surface area contributed by atoms with Crippen LogP contribution >= 0.6 is 8.51 Å². The molecule has 0 unspecified atom stereocenters. The fourth-order valence-electron chi connectivity index (χ4n) is 1.64. The van der Waals surface area contributed by atoms with Gasteiger partial charge in [0, 0.05) is 0 Å². The van der Waals surface area contributed by atoms with E-state index in [2.05, 4.69) is 12.1 Å². The summed E-state index contributed by atoms with van der Waals surface area (Å²) in [7, 11) is 6.63. The number of benzene rings is 2. The number of ketones is 1. The van der Waals surface area contributed by atoms with E-state index in [9.17, 15) is 4.79 Å². The van der Waals surface area contributed by atoms with Crippen LogP contribution in [0.4, 0.5) is 0 Å². The molecule has 0 heterocycles. The summed E-state index contributed by atoms with van der Waals surface area (Å²) in [6.07, 6.45) is 0. The van der Waals surface area contributed by atoms with Gasteiger partial charge in [-0.3, -0.25) is 0 Å². The number of Topliss-reactive ketones (excluding diaryl/α,β-unsaturated/α-hetero) is 1. The summed E-state index contributed by atoms with van der Waals surface area (Å²) in [4.78, 5) is 11.6. The van der Waals surface area contributed by atoms with Gasteiger partial charge < -0.3 is 0 Å². The van der Waals surface area contributed by atoms with Crippen LogP contribution in [0.2, 0.25) is 0 Å². The van der Waals surface area contributed by atoms with E-state index in [1.54, 1.807) is 6.92 Å². The van der Waals surface area contributed by atoms with E-state index in [4.69, 9.17) is 8.51 Å². The molecule has 0 amide bonds. The third-order valence-corrected chi connectivity index (χ3v) is 11.9. The van der Waals surface area contributed by atoms with Crippen molar-refractivity contribution < 1.29 is 4.79 Å². The summed E-state index contributed by atoms with van der Waals surface area (Å²) in [5, 5.41) is 0. The van der Waals surface area contributed by atoms with Gasteiger partial charge in [0.2, 0.25) is 0 Å². The molecule has 0 bridgehead atoms. The van der Waals surface area contributed by atoms with Crippen molar-refractivity contribution in [1.29, 1.82) is 0 Å². The second-order valence-corrected chi connectivity index (χ2v) is 12.7. The molecule has 1 nitrogen and oxygen atoms in total. The maximum absolute atomic E-state index is 11.6. The number of rotatable bonds is 3. The van der Waals surface area contributed by atoms with E-state index in [1.807, 2.05) is 42.5 Å². The first-order valence-corrected chi connectivity index (χ1v) is 13.1. The number of halogens is 1. The summed E-state index contributed by atoms with van der Waals surface area (Å²) >= 11 is -2.45. The van der Waals surface area contributed by atoms with Crippen LogP contribution in [0.15, 0.2) is 54.6 Å². The zero-order chi connectivity index (χ0) is 12.3. The van der Waals surface area contributed by atoms with Crippen LogP contribution in [0.5, 0.6) is 0 Å². The minimum atomic E-state index is -2.45. The fourth-order valence-corrected chi connectivity index (χ4v) is 9.26. The second-order valence-electron chi connectivity index (χ2n) is 3.69. The Kier molecular flexibility index (Phi) is 4.31. The van der Waals surface area contributed by atoms with Crippen molar-refractivity contribution in [3.05, 3.63) is 60.2 Å². The van der Waals surface area contributed by atoms with Crippen LogP contribution in [0.3, 0.4) is 0 Å². The molecule has 2 aromatic rings. The van der Waals surface area contributed by atoms with Gasteiger partial charge in [-0.1, -0.05) is 0 Å². The van der Waals surface area contributed by atoms with E-state index >= 15 is 0 Å². The van der Waals surface area contributed by atoms with E-state index < -0.39 is 20.6 Å². The Morgan fingerprint density at radius 1 is 1.00 bits per heavy atom. The van der Waals surface area contributed by atoms with Gasteiger partial charge in [-0.05, 0) is 0 Å². The van der Waals surface area contributed by atoms with Gasteiger partial charge in [-0.2, -0.15) is 0 Å². The van der Waals surface area contributed by atoms with E-state index in [1.165, 1.54) is 3.27 Å². The van der Waals surface area contributed by atoms with Crippen molar-refractivity contribution in [2.24, 2.45) is 0 Å². The van der Waals surface area contributed by atoms with Gasteiger partial charge in [-0.25, -0.2) is 0 Å². The van der Waals surface area contributed by atoms with Crippen molar-refractivity contribution in [2.75, 3.05) is 0 Å². The van der Waals surface area contributed by atoms with Crippen LogP contribution in [0.25, 0.3) is 0 Å². The molecule has 0 aliphatic rings. The molecule has 3 heteroatoms. The Hall–Kier alpha value is -0.717. The third kappa shape index (κ3) is 2.94. The molecule has 17 heavy (non-hydrogen) atoms. The predicted octanol–water partition coefficient (Wildman–Crippen LogP) is 2.23. The van der Waals surface area contributed by atoms with E-state index in [-0.39, 0.29) is 5.78 Å². The SMILES string of the molecule is CC(=O)c1cccc[c]1[Bi]([Cl])[c]1ccccc1. The number of carbonyl (C=O) groups is 1. The summed E-state index contributed by atoms with van der Waals surface area (Å²) in [5.41, 5.74) is 0.782. The molecule has 0 saturated heterocycles. The summed E-state index contributed by atoms with van der Waals surface area (Å²) < 4.78 is 2.28. The average molecular weight is 441 g/mol. The molecule has 0 spiro atoms.